The number of rotatable bonds is 2. The van der Waals surface area contributed by atoms with Crippen molar-refractivity contribution in [3.8, 4) is 0 Å². The minimum atomic E-state index is -0.298. The Morgan fingerprint density at radius 2 is 1.74 bits per heavy atom. The Hall–Kier alpha value is -3.28. The summed E-state index contributed by atoms with van der Waals surface area (Å²) in [5, 5.41) is 3.55. The Morgan fingerprint density at radius 3 is 2.52 bits per heavy atom. The van der Waals surface area contributed by atoms with Crippen LogP contribution in [0.1, 0.15) is 16.1 Å². The van der Waals surface area contributed by atoms with E-state index < -0.39 is 0 Å². The second kappa shape index (κ2) is 6.23. The lowest BCUT2D eigenvalue weighted by molar-refractivity contribution is -0.367. The van der Waals surface area contributed by atoms with Crippen molar-refractivity contribution in [3.05, 3.63) is 65.9 Å². The van der Waals surface area contributed by atoms with Crippen molar-refractivity contribution < 1.29 is 9.79 Å². The molecule has 0 unspecified atom stereocenters. The first-order valence-electron chi connectivity index (χ1n) is 7.13. The average Bonchev–Trinajstić information content (AvgIpc) is 2.55. The molecule has 0 atom stereocenters. The predicted octanol–water partition coefficient (Wildman–Crippen LogP) is 0.395. The van der Waals surface area contributed by atoms with Crippen LogP contribution in [0.2, 0.25) is 0 Å². The smallest absolute Gasteiger partial charge is 0.322 e. The van der Waals surface area contributed by atoms with E-state index in [1.807, 2.05) is 37.3 Å². The SMILES string of the molecule is Cc1nc([NH+]=C(N)NC(=O)c2ccccc2)nc2ccccc12. The van der Waals surface area contributed by atoms with Gasteiger partial charge < -0.3 is 5.73 Å². The number of para-hydroxylation sites is 1. The molecule has 23 heavy (non-hydrogen) atoms. The van der Waals surface area contributed by atoms with Gasteiger partial charge in [-0.1, -0.05) is 30.3 Å². The van der Waals surface area contributed by atoms with Gasteiger partial charge in [0.25, 0.3) is 11.9 Å². The number of nitrogens with two attached hydrogens (primary N) is 1. The molecule has 0 radical (unpaired) electrons. The van der Waals surface area contributed by atoms with E-state index in [1.165, 1.54) is 0 Å². The fourth-order valence-corrected chi connectivity index (χ4v) is 2.23. The van der Waals surface area contributed by atoms with Crippen LogP contribution in [0.25, 0.3) is 10.9 Å². The number of nitrogens with one attached hydrogen (secondary N) is 2. The zero-order valence-electron chi connectivity index (χ0n) is 12.6. The van der Waals surface area contributed by atoms with Crippen molar-refractivity contribution in [2.45, 2.75) is 6.92 Å². The van der Waals surface area contributed by atoms with Crippen LogP contribution in [0, 0.1) is 6.92 Å². The molecule has 2 aromatic carbocycles. The zero-order chi connectivity index (χ0) is 16.2. The molecule has 0 saturated carbocycles. The van der Waals surface area contributed by atoms with Gasteiger partial charge >= 0.3 is 5.95 Å². The summed E-state index contributed by atoms with van der Waals surface area (Å²) in [6.45, 7) is 1.90. The number of hydrogen-bond acceptors (Lipinski definition) is 3. The molecule has 0 bridgehead atoms. The highest BCUT2D eigenvalue weighted by Crippen LogP contribution is 2.14. The van der Waals surface area contributed by atoms with E-state index in [0.717, 1.165) is 16.6 Å². The Morgan fingerprint density at radius 1 is 1.04 bits per heavy atom. The quantitative estimate of drug-likeness (QED) is 0.472. The summed E-state index contributed by atoms with van der Waals surface area (Å²) in [5.74, 6) is 0.119. The molecule has 0 aliphatic rings. The molecule has 0 fully saturated rings. The highest BCUT2D eigenvalue weighted by atomic mass is 16.1. The lowest BCUT2D eigenvalue weighted by Crippen LogP contribution is -2.75. The molecule has 6 heteroatoms. The van der Waals surface area contributed by atoms with Gasteiger partial charge in [0.15, 0.2) is 0 Å². The van der Waals surface area contributed by atoms with Gasteiger partial charge in [-0.15, -0.1) is 9.97 Å². The number of aromatic nitrogens is 2. The number of fused-ring (bicyclic) bond motifs is 1. The second-order valence-electron chi connectivity index (χ2n) is 5.01. The van der Waals surface area contributed by atoms with Crippen LogP contribution in [0.3, 0.4) is 0 Å². The number of hydrogen-bond donors (Lipinski definition) is 3. The maximum absolute atomic E-state index is 12.0. The van der Waals surface area contributed by atoms with Crippen LogP contribution in [-0.2, 0) is 0 Å². The molecule has 3 rings (SSSR count). The standard InChI is InChI=1S/C17H15N5O/c1-11-13-9-5-6-10-14(13)20-17(19-11)22-16(18)21-15(23)12-7-3-2-4-8-12/h2-10H,1H3,(H3,18,19,20,21,22,23)/p+1. The van der Waals surface area contributed by atoms with Crippen molar-refractivity contribution in [2.75, 3.05) is 0 Å². The molecule has 4 N–H and O–H groups in total. The van der Waals surface area contributed by atoms with Gasteiger partial charge in [0.05, 0.1) is 5.69 Å². The minimum absolute atomic E-state index is 0.0773. The number of amides is 1. The first-order valence-corrected chi connectivity index (χ1v) is 7.13. The minimum Gasteiger partial charge on any atom is -0.322 e. The van der Waals surface area contributed by atoms with Crippen LogP contribution in [0.4, 0.5) is 5.95 Å². The van der Waals surface area contributed by atoms with Gasteiger partial charge in [-0.3, -0.25) is 4.79 Å². The first kappa shape index (κ1) is 14.6. The van der Waals surface area contributed by atoms with Gasteiger partial charge in [0, 0.05) is 10.9 Å². The van der Waals surface area contributed by atoms with E-state index in [-0.39, 0.29) is 11.9 Å². The van der Waals surface area contributed by atoms with Crippen LogP contribution in [0.5, 0.6) is 0 Å². The van der Waals surface area contributed by atoms with Gasteiger partial charge in [0.1, 0.15) is 5.52 Å². The zero-order valence-corrected chi connectivity index (χ0v) is 12.6. The molecule has 114 valence electrons. The topological polar surface area (TPSA) is 94.9 Å². The normalized spacial score (nSPS) is 11.4. The van der Waals surface area contributed by atoms with E-state index >= 15 is 0 Å². The summed E-state index contributed by atoms with van der Waals surface area (Å²) in [7, 11) is 0. The molecular weight excluding hydrogens is 290 g/mol. The Labute approximate surface area is 133 Å². The van der Waals surface area contributed by atoms with Crippen molar-refractivity contribution >= 4 is 28.7 Å². The lowest BCUT2D eigenvalue weighted by Gasteiger charge is -2.01. The van der Waals surface area contributed by atoms with Crippen molar-refractivity contribution in [2.24, 2.45) is 5.73 Å². The largest absolute Gasteiger partial charge is 0.354 e. The third kappa shape index (κ3) is 3.32. The fourth-order valence-electron chi connectivity index (χ4n) is 2.23. The fraction of sp³-hybridized carbons (Fsp3) is 0.0588. The predicted molar refractivity (Wildman–Crippen MR) is 88.0 cm³/mol. The van der Waals surface area contributed by atoms with E-state index in [9.17, 15) is 4.79 Å². The first-order chi connectivity index (χ1) is 11.1. The van der Waals surface area contributed by atoms with Crippen LogP contribution in [-0.4, -0.2) is 21.8 Å². The molecular formula is C17H16N5O+. The maximum Gasteiger partial charge on any atom is 0.354 e. The lowest BCUT2D eigenvalue weighted by atomic mass is 10.2. The maximum atomic E-state index is 12.0. The number of carbonyl (C=O) groups excluding carboxylic acids is 1. The molecule has 6 nitrogen and oxygen atoms in total. The Bertz CT molecular complexity index is 890. The molecule has 1 amide bonds. The van der Waals surface area contributed by atoms with Gasteiger partial charge in [0.2, 0.25) is 0 Å². The van der Waals surface area contributed by atoms with Crippen LogP contribution < -0.4 is 16.0 Å². The number of benzene rings is 2. The average molecular weight is 306 g/mol. The summed E-state index contributed by atoms with van der Waals surface area (Å²) in [6, 6.07) is 16.5. The highest BCUT2D eigenvalue weighted by Gasteiger charge is 2.12. The van der Waals surface area contributed by atoms with Crippen molar-refractivity contribution in [1.29, 1.82) is 0 Å². The summed E-state index contributed by atoms with van der Waals surface area (Å²) >= 11 is 0. The second-order valence-corrected chi connectivity index (χ2v) is 5.01. The molecule has 3 aromatic rings. The van der Waals surface area contributed by atoms with Crippen molar-refractivity contribution in [3.63, 3.8) is 0 Å². The Kier molecular flexibility index (Phi) is 3.97. The Balaban J connectivity index is 1.85. The van der Waals surface area contributed by atoms with Crippen molar-refractivity contribution in [1.82, 2.24) is 15.3 Å². The monoisotopic (exact) mass is 306 g/mol. The number of aryl methyl sites for hydroxylation is 1. The van der Waals surface area contributed by atoms with Gasteiger partial charge in [-0.25, -0.2) is 10.3 Å². The van der Waals surface area contributed by atoms with Gasteiger partial charge in [-0.2, -0.15) is 0 Å². The molecule has 0 spiro atoms. The molecule has 0 aliphatic carbocycles. The molecule has 1 aromatic heterocycles. The summed E-state index contributed by atoms with van der Waals surface area (Å²) < 4.78 is 0. The van der Waals surface area contributed by atoms with Gasteiger partial charge in [-0.05, 0) is 31.2 Å². The van der Waals surface area contributed by atoms with E-state index in [2.05, 4.69) is 20.3 Å². The summed E-state index contributed by atoms with van der Waals surface area (Å²) in [6.07, 6.45) is 0. The highest BCUT2D eigenvalue weighted by molar-refractivity contribution is 6.03. The van der Waals surface area contributed by atoms with E-state index in [4.69, 9.17) is 5.73 Å². The number of guanidine groups is 1. The van der Waals surface area contributed by atoms with Crippen LogP contribution >= 0.6 is 0 Å². The third-order valence-corrected chi connectivity index (χ3v) is 3.32. The third-order valence-electron chi connectivity index (χ3n) is 3.32. The molecule has 1 heterocycles. The summed E-state index contributed by atoms with van der Waals surface area (Å²) in [4.78, 5) is 23.6. The molecule has 0 saturated heterocycles. The molecule has 0 aliphatic heterocycles. The van der Waals surface area contributed by atoms with E-state index in [0.29, 0.717) is 11.5 Å². The number of nitrogens with zero attached hydrogens (tertiary/aromatic N) is 2. The van der Waals surface area contributed by atoms with E-state index in [1.54, 1.807) is 24.3 Å². The number of carbonyl (C=O) groups is 1. The van der Waals surface area contributed by atoms with Crippen LogP contribution in [0.15, 0.2) is 54.6 Å². The summed E-state index contributed by atoms with van der Waals surface area (Å²) in [5.41, 5.74) is 8.00.